The molecule has 1 aromatic heterocycles. The van der Waals surface area contributed by atoms with Crippen LogP contribution in [-0.2, 0) is 23.1 Å². The second-order valence-electron chi connectivity index (χ2n) is 4.62. The molecule has 1 aliphatic heterocycles. The SMILES string of the molecule is CCS(=O)(=O)Nc1cccc2c1CN(c1nccs1)C2. The summed E-state index contributed by atoms with van der Waals surface area (Å²) in [5.74, 6) is 0.0763. The van der Waals surface area contributed by atoms with E-state index in [1.807, 2.05) is 23.6 Å². The average molecular weight is 309 g/mol. The van der Waals surface area contributed by atoms with Crippen LogP contribution in [0.2, 0.25) is 0 Å². The number of nitrogens with zero attached hydrogens (tertiary/aromatic N) is 2. The Balaban J connectivity index is 1.90. The van der Waals surface area contributed by atoms with Crippen molar-refractivity contribution < 1.29 is 8.42 Å². The number of aromatic nitrogens is 1. The fourth-order valence-corrected chi connectivity index (χ4v) is 3.58. The number of rotatable bonds is 4. The normalized spacial score (nSPS) is 14.3. The molecule has 1 N–H and O–H groups in total. The maximum absolute atomic E-state index is 11.7. The van der Waals surface area contributed by atoms with Gasteiger partial charge in [-0.2, -0.15) is 0 Å². The smallest absolute Gasteiger partial charge is 0.232 e. The molecule has 3 rings (SSSR count). The van der Waals surface area contributed by atoms with Gasteiger partial charge in [-0.3, -0.25) is 4.72 Å². The summed E-state index contributed by atoms with van der Waals surface area (Å²) in [6, 6.07) is 5.74. The number of hydrogen-bond acceptors (Lipinski definition) is 5. The molecule has 106 valence electrons. The van der Waals surface area contributed by atoms with Crippen LogP contribution in [0.5, 0.6) is 0 Å². The van der Waals surface area contributed by atoms with Crippen LogP contribution >= 0.6 is 11.3 Å². The van der Waals surface area contributed by atoms with Gasteiger partial charge in [0.25, 0.3) is 0 Å². The summed E-state index contributed by atoms with van der Waals surface area (Å²) in [4.78, 5) is 6.46. The topological polar surface area (TPSA) is 62.3 Å². The third kappa shape index (κ3) is 2.51. The van der Waals surface area contributed by atoms with Crippen molar-refractivity contribution in [2.45, 2.75) is 20.0 Å². The zero-order chi connectivity index (χ0) is 14.2. The van der Waals surface area contributed by atoms with Gasteiger partial charge in [0.15, 0.2) is 5.13 Å². The third-order valence-electron chi connectivity index (χ3n) is 3.32. The summed E-state index contributed by atoms with van der Waals surface area (Å²) >= 11 is 1.59. The first-order valence-corrected chi connectivity index (χ1v) is 8.88. The van der Waals surface area contributed by atoms with Crippen LogP contribution in [0.4, 0.5) is 10.8 Å². The molecule has 0 bridgehead atoms. The highest BCUT2D eigenvalue weighted by atomic mass is 32.2. The van der Waals surface area contributed by atoms with Crippen LogP contribution in [0.25, 0.3) is 0 Å². The molecular weight excluding hydrogens is 294 g/mol. The van der Waals surface area contributed by atoms with Crippen LogP contribution in [-0.4, -0.2) is 19.2 Å². The highest BCUT2D eigenvalue weighted by Gasteiger charge is 2.24. The van der Waals surface area contributed by atoms with Crippen LogP contribution in [0, 0.1) is 0 Å². The van der Waals surface area contributed by atoms with E-state index in [4.69, 9.17) is 0 Å². The van der Waals surface area contributed by atoms with E-state index >= 15 is 0 Å². The summed E-state index contributed by atoms with van der Waals surface area (Å²) in [6.07, 6.45) is 1.78. The van der Waals surface area contributed by atoms with E-state index in [0.29, 0.717) is 12.2 Å². The molecule has 2 heterocycles. The number of hydrogen-bond donors (Lipinski definition) is 1. The van der Waals surface area contributed by atoms with Gasteiger partial charge in [-0.15, -0.1) is 11.3 Å². The van der Waals surface area contributed by atoms with Gasteiger partial charge in [0.1, 0.15) is 0 Å². The van der Waals surface area contributed by atoms with Crippen molar-refractivity contribution in [1.29, 1.82) is 0 Å². The van der Waals surface area contributed by atoms with Gasteiger partial charge in [0, 0.05) is 30.2 Å². The fraction of sp³-hybridized carbons (Fsp3) is 0.308. The van der Waals surface area contributed by atoms with E-state index in [1.54, 1.807) is 24.5 Å². The van der Waals surface area contributed by atoms with Gasteiger partial charge in [-0.05, 0) is 18.6 Å². The van der Waals surface area contributed by atoms with Gasteiger partial charge in [-0.25, -0.2) is 13.4 Å². The Hall–Kier alpha value is -1.60. The molecule has 0 amide bonds. The molecule has 5 nitrogen and oxygen atoms in total. The van der Waals surface area contributed by atoms with Gasteiger partial charge < -0.3 is 4.90 Å². The quantitative estimate of drug-likeness (QED) is 0.942. The Morgan fingerprint density at radius 2 is 2.25 bits per heavy atom. The predicted octanol–water partition coefficient (Wildman–Crippen LogP) is 2.42. The third-order valence-corrected chi connectivity index (χ3v) is 5.44. The fourth-order valence-electron chi connectivity index (χ4n) is 2.26. The molecule has 0 radical (unpaired) electrons. The second-order valence-corrected chi connectivity index (χ2v) is 7.50. The number of anilines is 2. The van der Waals surface area contributed by atoms with E-state index in [2.05, 4.69) is 14.6 Å². The van der Waals surface area contributed by atoms with Crippen LogP contribution in [0.15, 0.2) is 29.8 Å². The van der Waals surface area contributed by atoms with Crippen molar-refractivity contribution in [2.75, 3.05) is 15.4 Å². The van der Waals surface area contributed by atoms with Crippen molar-refractivity contribution in [3.8, 4) is 0 Å². The van der Waals surface area contributed by atoms with E-state index in [1.165, 1.54) is 0 Å². The number of thiazole rings is 1. The zero-order valence-corrected chi connectivity index (χ0v) is 12.7. The van der Waals surface area contributed by atoms with Crippen molar-refractivity contribution in [2.24, 2.45) is 0 Å². The van der Waals surface area contributed by atoms with Gasteiger partial charge >= 0.3 is 0 Å². The zero-order valence-electron chi connectivity index (χ0n) is 11.0. The molecule has 0 fully saturated rings. The summed E-state index contributed by atoms with van der Waals surface area (Å²) < 4.78 is 26.2. The van der Waals surface area contributed by atoms with E-state index < -0.39 is 10.0 Å². The standard InChI is InChI=1S/C13H15N3O2S2/c1-2-20(17,18)15-12-5-3-4-10-8-16(9-11(10)12)13-14-6-7-19-13/h3-7,15H,2,8-9H2,1H3. The Kier molecular flexibility index (Phi) is 3.39. The molecule has 0 unspecified atom stereocenters. The van der Waals surface area contributed by atoms with Crippen molar-refractivity contribution in [3.05, 3.63) is 40.9 Å². The molecule has 0 aliphatic carbocycles. The first kappa shape index (κ1) is 13.4. The predicted molar refractivity (Wildman–Crippen MR) is 81.5 cm³/mol. The minimum atomic E-state index is -3.25. The van der Waals surface area contributed by atoms with Crippen molar-refractivity contribution >= 4 is 32.2 Å². The van der Waals surface area contributed by atoms with Crippen molar-refractivity contribution in [3.63, 3.8) is 0 Å². The molecule has 0 saturated carbocycles. The molecule has 1 aliphatic rings. The first-order chi connectivity index (χ1) is 9.59. The lowest BCUT2D eigenvalue weighted by Crippen LogP contribution is -2.17. The second kappa shape index (κ2) is 5.06. The first-order valence-electron chi connectivity index (χ1n) is 6.35. The number of nitrogens with one attached hydrogen (secondary N) is 1. The maximum atomic E-state index is 11.7. The number of sulfonamides is 1. The minimum Gasteiger partial charge on any atom is -0.339 e. The van der Waals surface area contributed by atoms with Crippen LogP contribution in [0.3, 0.4) is 0 Å². The summed E-state index contributed by atoms with van der Waals surface area (Å²) in [5.41, 5.74) is 2.87. The lowest BCUT2D eigenvalue weighted by molar-refractivity contribution is 0.602. The van der Waals surface area contributed by atoms with Crippen LogP contribution < -0.4 is 9.62 Å². The van der Waals surface area contributed by atoms with Gasteiger partial charge in [0.2, 0.25) is 10.0 Å². The van der Waals surface area contributed by atoms with Gasteiger partial charge in [0.05, 0.1) is 11.4 Å². The largest absolute Gasteiger partial charge is 0.339 e. The molecular formula is C13H15N3O2S2. The van der Waals surface area contributed by atoms with Crippen LogP contribution in [0.1, 0.15) is 18.1 Å². The average Bonchev–Trinajstić information content (AvgIpc) is 3.07. The molecule has 0 saturated heterocycles. The Bertz CT molecular complexity index is 711. The van der Waals surface area contributed by atoms with Gasteiger partial charge in [-0.1, -0.05) is 12.1 Å². The molecule has 2 aromatic rings. The Labute approximate surface area is 122 Å². The van der Waals surface area contributed by atoms with E-state index in [0.717, 1.165) is 22.8 Å². The monoisotopic (exact) mass is 309 g/mol. The van der Waals surface area contributed by atoms with E-state index in [-0.39, 0.29) is 5.75 Å². The summed E-state index contributed by atoms with van der Waals surface area (Å²) in [7, 11) is -3.25. The van der Waals surface area contributed by atoms with Crippen molar-refractivity contribution in [1.82, 2.24) is 4.98 Å². The highest BCUT2D eigenvalue weighted by molar-refractivity contribution is 7.92. The lowest BCUT2D eigenvalue weighted by atomic mass is 10.1. The Morgan fingerprint density at radius 1 is 1.40 bits per heavy atom. The molecule has 1 aromatic carbocycles. The lowest BCUT2D eigenvalue weighted by Gasteiger charge is -2.13. The molecule has 0 atom stereocenters. The highest BCUT2D eigenvalue weighted by Crippen LogP contribution is 2.33. The van der Waals surface area contributed by atoms with E-state index in [9.17, 15) is 8.42 Å². The maximum Gasteiger partial charge on any atom is 0.232 e. The molecule has 20 heavy (non-hydrogen) atoms. The summed E-state index contributed by atoms with van der Waals surface area (Å²) in [6.45, 7) is 3.09. The Morgan fingerprint density at radius 3 is 2.95 bits per heavy atom. The number of benzene rings is 1. The summed E-state index contributed by atoms with van der Waals surface area (Å²) in [5, 5.41) is 2.91. The minimum absolute atomic E-state index is 0.0763. The number of fused-ring (bicyclic) bond motifs is 1. The molecule has 0 spiro atoms. The molecule has 7 heteroatoms.